The molecule has 0 unspecified atom stereocenters. The van der Waals surface area contributed by atoms with Crippen molar-refractivity contribution in [1.29, 1.82) is 0 Å². The van der Waals surface area contributed by atoms with Crippen LogP contribution in [0.4, 0.5) is 4.39 Å². The van der Waals surface area contributed by atoms with Crippen molar-refractivity contribution in [2.75, 3.05) is 14.2 Å². The Morgan fingerprint density at radius 1 is 1.12 bits per heavy atom. The van der Waals surface area contributed by atoms with E-state index in [2.05, 4.69) is 5.32 Å². The van der Waals surface area contributed by atoms with Crippen LogP contribution in [0.1, 0.15) is 28.4 Å². The van der Waals surface area contributed by atoms with Gasteiger partial charge in [0.2, 0.25) is 0 Å². The first-order chi connectivity index (χ1) is 12.0. The number of carbonyl (C=O) groups is 2. The van der Waals surface area contributed by atoms with Crippen LogP contribution in [0.2, 0.25) is 0 Å². The SMILES string of the molecule is COc1cccc(C(=O)N[C@@H](CC(=O)O)c2ccc(F)cc2)c1OC. The van der Waals surface area contributed by atoms with Gasteiger partial charge in [-0.3, -0.25) is 9.59 Å². The highest BCUT2D eigenvalue weighted by molar-refractivity contribution is 5.98. The fourth-order valence-corrected chi connectivity index (χ4v) is 2.42. The topological polar surface area (TPSA) is 84.9 Å². The minimum Gasteiger partial charge on any atom is -0.493 e. The van der Waals surface area contributed by atoms with Gasteiger partial charge in [-0.1, -0.05) is 18.2 Å². The molecule has 1 amide bonds. The van der Waals surface area contributed by atoms with Crippen LogP contribution < -0.4 is 14.8 Å². The Balaban J connectivity index is 2.31. The first-order valence-electron chi connectivity index (χ1n) is 7.45. The molecule has 0 aliphatic heterocycles. The maximum absolute atomic E-state index is 13.1. The van der Waals surface area contributed by atoms with Gasteiger partial charge in [-0.2, -0.15) is 0 Å². The van der Waals surface area contributed by atoms with Gasteiger partial charge in [0.05, 0.1) is 32.2 Å². The summed E-state index contributed by atoms with van der Waals surface area (Å²) >= 11 is 0. The average Bonchev–Trinajstić information content (AvgIpc) is 2.60. The van der Waals surface area contributed by atoms with Crippen LogP contribution in [0.3, 0.4) is 0 Å². The van der Waals surface area contributed by atoms with Gasteiger partial charge < -0.3 is 19.9 Å². The van der Waals surface area contributed by atoms with Crippen molar-refractivity contribution in [2.24, 2.45) is 0 Å². The van der Waals surface area contributed by atoms with Crippen molar-refractivity contribution in [2.45, 2.75) is 12.5 Å². The minimum atomic E-state index is -1.09. The summed E-state index contributed by atoms with van der Waals surface area (Å²) in [5, 5.41) is 11.7. The zero-order valence-electron chi connectivity index (χ0n) is 13.8. The van der Waals surface area contributed by atoms with E-state index >= 15 is 0 Å². The first kappa shape index (κ1) is 18.3. The molecule has 1 atom stereocenters. The number of methoxy groups -OCH3 is 2. The lowest BCUT2D eigenvalue weighted by Gasteiger charge is -2.19. The van der Waals surface area contributed by atoms with Gasteiger partial charge in [0, 0.05) is 0 Å². The Kier molecular flexibility index (Phi) is 5.94. The number of carboxylic acids is 1. The maximum atomic E-state index is 13.1. The van der Waals surface area contributed by atoms with E-state index in [1.165, 1.54) is 38.5 Å². The Morgan fingerprint density at radius 2 is 1.80 bits per heavy atom. The Labute approximate surface area is 144 Å². The van der Waals surface area contributed by atoms with Crippen molar-refractivity contribution in [3.05, 3.63) is 59.4 Å². The van der Waals surface area contributed by atoms with Crippen LogP contribution in [-0.4, -0.2) is 31.2 Å². The molecule has 0 heterocycles. The number of benzene rings is 2. The number of hydrogen-bond donors (Lipinski definition) is 2. The van der Waals surface area contributed by atoms with E-state index in [-0.39, 0.29) is 17.7 Å². The number of ether oxygens (including phenoxy) is 2. The first-order valence-corrected chi connectivity index (χ1v) is 7.45. The third-order valence-electron chi connectivity index (χ3n) is 3.60. The number of nitrogens with one attached hydrogen (secondary N) is 1. The van der Waals surface area contributed by atoms with Gasteiger partial charge in [0.25, 0.3) is 5.91 Å². The molecule has 0 saturated heterocycles. The highest BCUT2D eigenvalue weighted by atomic mass is 19.1. The lowest BCUT2D eigenvalue weighted by molar-refractivity contribution is -0.137. The van der Waals surface area contributed by atoms with E-state index in [4.69, 9.17) is 14.6 Å². The van der Waals surface area contributed by atoms with Crippen molar-refractivity contribution in [1.82, 2.24) is 5.32 Å². The van der Waals surface area contributed by atoms with Gasteiger partial charge in [0.1, 0.15) is 5.82 Å². The largest absolute Gasteiger partial charge is 0.493 e. The van der Waals surface area contributed by atoms with E-state index < -0.39 is 23.7 Å². The van der Waals surface area contributed by atoms with Crippen LogP contribution >= 0.6 is 0 Å². The number of rotatable bonds is 7. The number of para-hydroxylation sites is 1. The lowest BCUT2D eigenvalue weighted by atomic mass is 10.0. The molecule has 0 spiro atoms. The average molecular weight is 347 g/mol. The summed E-state index contributed by atoms with van der Waals surface area (Å²) < 4.78 is 23.5. The normalized spacial score (nSPS) is 11.5. The van der Waals surface area contributed by atoms with Crippen molar-refractivity contribution < 1.29 is 28.6 Å². The Morgan fingerprint density at radius 3 is 2.36 bits per heavy atom. The standard InChI is InChI=1S/C18H18FNO5/c1-24-15-5-3-4-13(17(15)25-2)18(23)20-14(10-16(21)22)11-6-8-12(19)9-7-11/h3-9,14H,10H2,1-2H3,(H,20,23)(H,21,22)/t14-/m0/s1. The predicted molar refractivity (Wildman–Crippen MR) is 88.4 cm³/mol. The number of carbonyl (C=O) groups excluding carboxylic acids is 1. The maximum Gasteiger partial charge on any atom is 0.305 e. The molecule has 0 aromatic heterocycles. The smallest absolute Gasteiger partial charge is 0.305 e. The number of hydrogen-bond acceptors (Lipinski definition) is 4. The van der Waals surface area contributed by atoms with Gasteiger partial charge in [-0.05, 0) is 29.8 Å². The molecule has 2 aromatic carbocycles. The summed E-state index contributed by atoms with van der Waals surface area (Å²) in [4.78, 5) is 23.7. The molecule has 0 fully saturated rings. The number of halogens is 1. The molecule has 0 bridgehead atoms. The van der Waals surface area contributed by atoms with Crippen LogP contribution in [-0.2, 0) is 4.79 Å². The quantitative estimate of drug-likeness (QED) is 0.804. The molecule has 132 valence electrons. The number of carboxylic acid groups (broad SMARTS) is 1. The molecule has 25 heavy (non-hydrogen) atoms. The minimum absolute atomic E-state index is 0.208. The van der Waals surface area contributed by atoms with E-state index in [1.807, 2.05) is 0 Å². The second-order valence-corrected chi connectivity index (χ2v) is 5.22. The lowest BCUT2D eigenvalue weighted by Crippen LogP contribution is -2.30. The van der Waals surface area contributed by atoms with Crippen LogP contribution in [0.25, 0.3) is 0 Å². The molecule has 2 N–H and O–H groups in total. The molecule has 0 saturated carbocycles. The van der Waals surface area contributed by atoms with E-state index in [1.54, 1.807) is 18.2 Å². The summed E-state index contributed by atoms with van der Waals surface area (Å²) in [6.07, 6.45) is -0.344. The molecule has 0 aliphatic carbocycles. The molecule has 0 aliphatic rings. The Hall–Kier alpha value is -3.09. The third kappa shape index (κ3) is 4.47. The van der Waals surface area contributed by atoms with Gasteiger partial charge in [0.15, 0.2) is 11.5 Å². The van der Waals surface area contributed by atoms with E-state index in [0.717, 1.165) is 0 Å². The van der Waals surface area contributed by atoms with Gasteiger partial charge in [-0.25, -0.2) is 4.39 Å². The summed E-state index contributed by atoms with van der Waals surface area (Å²) in [6, 6.07) is 9.29. The predicted octanol–water partition coefficient (Wildman–Crippen LogP) is 2.79. The summed E-state index contributed by atoms with van der Waals surface area (Å²) in [5.74, 6) is -1.43. The van der Waals surface area contributed by atoms with Crippen molar-refractivity contribution in [3.63, 3.8) is 0 Å². The summed E-state index contributed by atoms with van der Waals surface area (Å²) in [6.45, 7) is 0. The number of aliphatic carboxylic acids is 1. The summed E-state index contributed by atoms with van der Waals surface area (Å²) in [5.41, 5.74) is 0.693. The Bertz CT molecular complexity index is 761. The monoisotopic (exact) mass is 347 g/mol. The van der Waals surface area contributed by atoms with Crippen molar-refractivity contribution >= 4 is 11.9 Å². The summed E-state index contributed by atoms with van der Waals surface area (Å²) in [7, 11) is 2.86. The van der Waals surface area contributed by atoms with Crippen LogP contribution in [0.15, 0.2) is 42.5 Å². The molecule has 2 rings (SSSR count). The highest BCUT2D eigenvalue weighted by Crippen LogP contribution is 2.31. The third-order valence-corrected chi connectivity index (χ3v) is 3.60. The second kappa shape index (κ2) is 8.14. The fraction of sp³-hybridized carbons (Fsp3) is 0.222. The molecule has 0 radical (unpaired) electrons. The van der Waals surface area contributed by atoms with Crippen molar-refractivity contribution in [3.8, 4) is 11.5 Å². The molecule has 6 nitrogen and oxygen atoms in total. The zero-order valence-corrected chi connectivity index (χ0v) is 13.8. The van der Waals surface area contributed by atoms with Gasteiger partial charge in [-0.15, -0.1) is 0 Å². The molecule has 2 aromatic rings. The van der Waals surface area contributed by atoms with Crippen LogP contribution in [0.5, 0.6) is 11.5 Å². The molecular formula is C18H18FNO5. The fourth-order valence-electron chi connectivity index (χ4n) is 2.42. The highest BCUT2D eigenvalue weighted by Gasteiger charge is 2.22. The second-order valence-electron chi connectivity index (χ2n) is 5.22. The number of amides is 1. The zero-order chi connectivity index (χ0) is 18.4. The van der Waals surface area contributed by atoms with Gasteiger partial charge >= 0.3 is 5.97 Å². The molecular weight excluding hydrogens is 329 g/mol. The van der Waals surface area contributed by atoms with Crippen LogP contribution in [0, 0.1) is 5.82 Å². The van der Waals surface area contributed by atoms with E-state index in [0.29, 0.717) is 11.3 Å². The molecule has 7 heteroatoms. The van der Waals surface area contributed by atoms with E-state index in [9.17, 15) is 14.0 Å².